The highest BCUT2D eigenvalue weighted by atomic mass is 16.5. The zero-order valence-corrected chi connectivity index (χ0v) is 23.4. The minimum absolute atomic E-state index is 0.137. The van der Waals surface area contributed by atoms with Crippen molar-refractivity contribution in [1.82, 2.24) is 10.2 Å². The molecule has 0 spiro atoms. The number of amides is 2. The Labute approximate surface area is 231 Å². The van der Waals surface area contributed by atoms with Crippen molar-refractivity contribution in [2.24, 2.45) is 0 Å². The van der Waals surface area contributed by atoms with Gasteiger partial charge >= 0.3 is 0 Å². The number of ether oxygens (including phenoxy) is 1. The standard InChI is InChI=1S/C31H39N5O3/c1-23-10-12-24(13-11-23)30(37)33-25-14-15-27(26(22-25)31(38)32-16-7-17-34(2)3)35-18-20-36(21-19-35)28-8-5-6-9-29(28)39-4/h5-6,8-15,22H,7,16-21H2,1-4H3,(H,32,38)(H,33,37). The smallest absolute Gasteiger partial charge is 0.255 e. The second kappa shape index (κ2) is 13.2. The van der Waals surface area contributed by atoms with Crippen molar-refractivity contribution in [3.05, 3.63) is 83.4 Å². The van der Waals surface area contributed by atoms with Crippen molar-refractivity contribution in [1.29, 1.82) is 0 Å². The van der Waals surface area contributed by atoms with Crippen molar-refractivity contribution in [3.63, 3.8) is 0 Å². The van der Waals surface area contributed by atoms with Crippen molar-refractivity contribution in [2.45, 2.75) is 13.3 Å². The van der Waals surface area contributed by atoms with Crippen LogP contribution in [0.3, 0.4) is 0 Å². The number of aryl methyl sites for hydroxylation is 1. The van der Waals surface area contributed by atoms with Crippen LogP contribution in [-0.2, 0) is 0 Å². The highest BCUT2D eigenvalue weighted by Gasteiger charge is 2.24. The molecule has 0 radical (unpaired) electrons. The lowest BCUT2D eigenvalue weighted by atomic mass is 10.1. The lowest BCUT2D eigenvalue weighted by molar-refractivity contribution is 0.0951. The van der Waals surface area contributed by atoms with E-state index in [1.807, 2.05) is 63.5 Å². The number of methoxy groups -OCH3 is 1. The van der Waals surface area contributed by atoms with Crippen LogP contribution in [0.4, 0.5) is 17.1 Å². The quantitative estimate of drug-likeness (QED) is 0.382. The van der Waals surface area contributed by atoms with Gasteiger partial charge in [0.2, 0.25) is 0 Å². The molecule has 8 heteroatoms. The summed E-state index contributed by atoms with van der Waals surface area (Å²) in [7, 11) is 5.73. The van der Waals surface area contributed by atoms with Crippen LogP contribution in [-0.4, -0.2) is 77.2 Å². The van der Waals surface area contributed by atoms with E-state index >= 15 is 0 Å². The maximum absolute atomic E-state index is 13.4. The van der Waals surface area contributed by atoms with E-state index in [4.69, 9.17) is 4.74 Å². The van der Waals surface area contributed by atoms with E-state index in [1.54, 1.807) is 25.3 Å². The predicted molar refractivity (Wildman–Crippen MR) is 158 cm³/mol. The number of para-hydroxylation sites is 2. The average Bonchev–Trinajstić information content (AvgIpc) is 2.95. The van der Waals surface area contributed by atoms with Gasteiger partial charge in [0.15, 0.2) is 0 Å². The van der Waals surface area contributed by atoms with Crippen molar-refractivity contribution >= 4 is 28.9 Å². The van der Waals surface area contributed by atoms with Gasteiger partial charge in [-0.05, 0) is 76.4 Å². The summed E-state index contributed by atoms with van der Waals surface area (Å²) in [5, 5.41) is 6.03. The van der Waals surface area contributed by atoms with Crippen LogP contribution in [0, 0.1) is 6.92 Å². The Bertz CT molecular complexity index is 1270. The Kier molecular flexibility index (Phi) is 9.44. The number of rotatable bonds is 10. The minimum Gasteiger partial charge on any atom is -0.495 e. The Morgan fingerprint density at radius 1 is 0.872 bits per heavy atom. The van der Waals surface area contributed by atoms with Gasteiger partial charge in [-0.2, -0.15) is 0 Å². The van der Waals surface area contributed by atoms with Gasteiger partial charge in [0.1, 0.15) is 5.75 Å². The first-order valence-electron chi connectivity index (χ1n) is 13.4. The first-order valence-corrected chi connectivity index (χ1v) is 13.4. The largest absolute Gasteiger partial charge is 0.495 e. The first kappa shape index (κ1) is 28.0. The maximum atomic E-state index is 13.4. The molecule has 1 aliphatic rings. The van der Waals surface area contributed by atoms with E-state index < -0.39 is 0 Å². The molecular formula is C31H39N5O3. The molecular weight excluding hydrogens is 490 g/mol. The van der Waals surface area contributed by atoms with Crippen LogP contribution >= 0.6 is 0 Å². The minimum atomic E-state index is -0.203. The number of carbonyl (C=O) groups is 2. The molecule has 39 heavy (non-hydrogen) atoms. The van der Waals surface area contributed by atoms with Crippen LogP contribution in [0.1, 0.15) is 32.7 Å². The fraction of sp³-hybridized carbons (Fsp3) is 0.355. The van der Waals surface area contributed by atoms with Crippen LogP contribution in [0.25, 0.3) is 0 Å². The molecule has 0 bridgehead atoms. The van der Waals surface area contributed by atoms with Crippen LogP contribution in [0.5, 0.6) is 5.75 Å². The summed E-state index contributed by atoms with van der Waals surface area (Å²) in [5.74, 6) is 0.519. The number of hydrogen-bond donors (Lipinski definition) is 2. The van der Waals surface area contributed by atoms with Gasteiger partial charge in [0.05, 0.1) is 18.4 Å². The molecule has 2 N–H and O–H groups in total. The third-order valence-corrected chi connectivity index (χ3v) is 6.93. The summed E-state index contributed by atoms with van der Waals surface area (Å²) in [5.41, 5.74) is 4.77. The van der Waals surface area contributed by atoms with Crippen molar-refractivity contribution < 1.29 is 14.3 Å². The van der Waals surface area contributed by atoms with Gasteiger partial charge in [-0.1, -0.05) is 29.8 Å². The van der Waals surface area contributed by atoms with Crippen LogP contribution < -0.4 is 25.2 Å². The number of hydrogen-bond acceptors (Lipinski definition) is 6. The molecule has 1 fully saturated rings. The molecule has 3 aromatic rings. The molecule has 1 heterocycles. The summed E-state index contributed by atoms with van der Waals surface area (Å²) in [6.45, 7) is 6.58. The highest BCUT2D eigenvalue weighted by Crippen LogP contribution is 2.31. The molecule has 1 saturated heterocycles. The molecule has 0 atom stereocenters. The predicted octanol–water partition coefficient (Wildman–Crippen LogP) is 4.26. The zero-order chi connectivity index (χ0) is 27.8. The summed E-state index contributed by atoms with van der Waals surface area (Å²) < 4.78 is 5.56. The van der Waals surface area contributed by atoms with Gasteiger partial charge in [-0.3, -0.25) is 9.59 Å². The number of nitrogens with one attached hydrogen (secondary N) is 2. The topological polar surface area (TPSA) is 77.1 Å². The lowest BCUT2D eigenvalue weighted by Gasteiger charge is -2.38. The molecule has 0 unspecified atom stereocenters. The molecule has 0 aromatic heterocycles. The van der Waals surface area contributed by atoms with E-state index in [1.165, 1.54) is 0 Å². The average molecular weight is 530 g/mol. The van der Waals surface area contributed by atoms with Crippen molar-refractivity contribution in [3.8, 4) is 5.75 Å². The number of nitrogens with zero attached hydrogens (tertiary/aromatic N) is 3. The van der Waals surface area contributed by atoms with Crippen LogP contribution in [0.2, 0.25) is 0 Å². The fourth-order valence-electron chi connectivity index (χ4n) is 4.75. The second-order valence-electron chi connectivity index (χ2n) is 10.1. The Hall–Kier alpha value is -4.04. The third kappa shape index (κ3) is 7.29. The van der Waals surface area contributed by atoms with E-state index in [2.05, 4.69) is 31.4 Å². The molecule has 1 aliphatic heterocycles. The normalized spacial score (nSPS) is 13.4. The third-order valence-electron chi connectivity index (χ3n) is 6.93. The van der Waals surface area contributed by atoms with E-state index in [9.17, 15) is 9.59 Å². The van der Waals surface area contributed by atoms with Gasteiger partial charge in [-0.25, -0.2) is 0 Å². The lowest BCUT2D eigenvalue weighted by Crippen LogP contribution is -2.47. The van der Waals surface area contributed by atoms with Gasteiger partial charge in [0, 0.05) is 49.7 Å². The number of benzene rings is 3. The number of piperazine rings is 1. The first-order chi connectivity index (χ1) is 18.9. The van der Waals surface area contributed by atoms with E-state index in [-0.39, 0.29) is 11.8 Å². The zero-order valence-electron chi connectivity index (χ0n) is 23.4. The molecule has 8 nitrogen and oxygen atoms in total. The Morgan fingerprint density at radius 2 is 1.54 bits per heavy atom. The Morgan fingerprint density at radius 3 is 2.21 bits per heavy atom. The van der Waals surface area contributed by atoms with E-state index in [0.717, 1.165) is 61.8 Å². The summed E-state index contributed by atoms with van der Waals surface area (Å²) in [4.78, 5) is 32.9. The molecule has 2 amide bonds. The molecule has 206 valence electrons. The molecule has 0 saturated carbocycles. The fourth-order valence-corrected chi connectivity index (χ4v) is 4.75. The number of anilines is 3. The SMILES string of the molecule is COc1ccccc1N1CCN(c2ccc(NC(=O)c3ccc(C)cc3)cc2C(=O)NCCCN(C)C)CC1. The molecule has 0 aliphatic carbocycles. The van der Waals surface area contributed by atoms with Gasteiger partial charge in [0.25, 0.3) is 11.8 Å². The summed E-state index contributed by atoms with van der Waals surface area (Å²) in [6.07, 6.45) is 0.857. The number of carbonyl (C=O) groups excluding carboxylic acids is 2. The van der Waals surface area contributed by atoms with Gasteiger partial charge < -0.3 is 30.1 Å². The summed E-state index contributed by atoms with van der Waals surface area (Å²) >= 11 is 0. The van der Waals surface area contributed by atoms with E-state index in [0.29, 0.717) is 23.4 Å². The summed E-state index contributed by atoms with van der Waals surface area (Å²) in [6, 6.07) is 21.1. The monoisotopic (exact) mass is 529 g/mol. The van der Waals surface area contributed by atoms with Crippen molar-refractivity contribution in [2.75, 3.05) is 75.6 Å². The Balaban J connectivity index is 1.52. The maximum Gasteiger partial charge on any atom is 0.255 e. The van der Waals surface area contributed by atoms with Gasteiger partial charge in [-0.15, -0.1) is 0 Å². The molecule has 4 rings (SSSR count). The molecule has 3 aromatic carbocycles. The van der Waals surface area contributed by atoms with Crippen LogP contribution in [0.15, 0.2) is 66.7 Å². The second-order valence-corrected chi connectivity index (χ2v) is 10.1. The highest BCUT2D eigenvalue weighted by molar-refractivity contribution is 6.06.